The first-order valence-electron chi connectivity index (χ1n) is 6.80. The predicted octanol–water partition coefficient (Wildman–Crippen LogP) is 1.06. The van der Waals surface area contributed by atoms with Crippen LogP contribution in [-0.2, 0) is 4.79 Å². The molecule has 1 amide bonds. The molecule has 19 heavy (non-hydrogen) atoms. The third kappa shape index (κ3) is 3.23. The summed E-state index contributed by atoms with van der Waals surface area (Å²) in [7, 11) is 1.69. The summed E-state index contributed by atoms with van der Waals surface area (Å²) in [4.78, 5) is 18.3. The molecule has 0 aromatic carbocycles. The quantitative estimate of drug-likeness (QED) is 0.854. The van der Waals surface area contributed by atoms with Crippen molar-refractivity contribution in [3.05, 3.63) is 24.0 Å². The molecule has 1 aromatic rings. The van der Waals surface area contributed by atoms with Gasteiger partial charge >= 0.3 is 0 Å². The molecule has 0 spiro atoms. The van der Waals surface area contributed by atoms with Gasteiger partial charge in [-0.1, -0.05) is 0 Å². The fraction of sp³-hybridized carbons (Fsp3) is 0.571. The number of amides is 1. The van der Waals surface area contributed by atoms with Gasteiger partial charge in [0.1, 0.15) is 0 Å². The van der Waals surface area contributed by atoms with E-state index < -0.39 is 0 Å². The van der Waals surface area contributed by atoms with Crippen molar-refractivity contribution in [1.82, 2.24) is 10.3 Å². The second-order valence-corrected chi connectivity index (χ2v) is 5.13. The monoisotopic (exact) mass is 262 g/mol. The molecule has 2 atom stereocenters. The topological polar surface area (TPSA) is 71.2 Å². The van der Waals surface area contributed by atoms with E-state index in [1.807, 2.05) is 25.3 Å². The number of nitrogens with zero attached hydrogens (tertiary/aromatic N) is 2. The van der Waals surface area contributed by atoms with Crippen LogP contribution in [0.3, 0.4) is 0 Å². The van der Waals surface area contributed by atoms with Crippen molar-refractivity contribution in [2.24, 2.45) is 11.7 Å². The number of hydrogen-bond donors (Lipinski definition) is 2. The van der Waals surface area contributed by atoms with Gasteiger partial charge in [0.25, 0.3) is 0 Å². The van der Waals surface area contributed by atoms with Gasteiger partial charge in [0.05, 0.1) is 23.5 Å². The number of aromatic nitrogens is 1. The van der Waals surface area contributed by atoms with Gasteiger partial charge in [0.2, 0.25) is 5.91 Å². The first kappa shape index (κ1) is 13.8. The van der Waals surface area contributed by atoms with Crippen molar-refractivity contribution in [2.45, 2.75) is 25.8 Å². The lowest BCUT2D eigenvalue weighted by atomic mass is 9.97. The van der Waals surface area contributed by atoms with Crippen LogP contribution in [0, 0.1) is 5.92 Å². The molecule has 5 nitrogen and oxygen atoms in total. The Kier molecular flexibility index (Phi) is 4.37. The first-order chi connectivity index (χ1) is 9.11. The van der Waals surface area contributed by atoms with Crippen LogP contribution in [0.1, 0.15) is 31.5 Å². The Labute approximate surface area is 114 Å². The number of nitrogens with two attached hydrogens (primary N) is 1. The summed E-state index contributed by atoms with van der Waals surface area (Å²) < 4.78 is 0. The normalized spacial score (nSPS) is 21.0. The van der Waals surface area contributed by atoms with E-state index >= 15 is 0 Å². The molecular weight excluding hydrogens is 240 g/mol. The second-order valence-electron chi connectivity index (χ2n) is 5.13. The van der Waals surface area contributed by atoms with Crippen LogP contribution in [-0.4, -0.2) is 31.0 Å². The number of piperidine rings is 1. The number of anilines is 1. The van der Waals surface area contributed by atoms with Crippen LogP contribution in [0.15, 0.2) is 18.3 Å². The largest absolute Gasteiger partial charge is 0.369 e. The minimum Gasteiger partial charge on any atom is -0.369 e. The minimum atomic E-state index is -0.0472. The molecule has 104 valence electrons. The Bertz CT molecular complexity index is 430. The Morgan fingerprint density at radius 3 is 2.95 bits per heavy atom. The molecule has 0 bridgehead atoms. The molecule has 1 aromatic heterocycles. The average molecular weight is 262 g/mol. The SMILES string of the molecule is CNC(=O)C1CCCN(c2ccc([C@@H](C)N)nc2)C1. The number of carbonyl (C=O) groups is 1. The number of rotatable bonds is 3. The fourth-order valence-corrected chi connectivity index (χ4v) is 2.48. The molecule has 1 unspecified atom stereocenters. The smallest absolute Gasteiger partial charge is 0.224 e. The maximum Gasteiger partial charge on any atom is 0.224 e. The van der Waals surface area contributed by atoms with Crippen LogP contribution < -0.4 is 16.0 Å². The zero-order valence-electron chi connectivity index (χ0n) is 11.6. The lowest BCUT2D eigenvalue weighted by Crippen LogP contribution is -2.42. The van der Waals surface area contributed by atoms with Gasteiger partial charge in [0.15, 0.2) is 0 Å². The van der Waals surface area contributed by atoms with E-state index in [0.29, 0.717) is 0 Å². The molecule has 5 heteroatoms. The van der Waals surface area contributed by atoms with Crippen LogP contribution >= 0.6 is 0 Å². The molecule has 1 fully saturated rings. The second kappa shape index (κ2) is 6.02. The summed E-state index contributed by atoms with van der Waals surface area (Å²) in [6, 6.07) is 3.95. The lowest BCUT2D eigenvalue weighted by Gasteiger charge is -2.33. The van der Waals surface area contributed by atoms with E-state index in [1.54, 1.807) is 7.05 Å². The summed E-state index contributed by atoms with van der Waals surface area (Å²) in [5.74, 6) is 0.205. The summed E-state index contributed by atoms with van der Waals surface area (Å²) in [6.45, 7) is 3.66. The van der Waals surface area contributed by atoms with E-state index in [2.05, 4.69) is 15.2 Å². The lowest BCUT2D eigenvalue weighted by molar-refractivity contribution is -0.124. The Balaban J connectivity index is 2.06. The number of hydrogen-bond acceptors (Lipinski definition) is 4. The zero-order valence-corrected chi connectivity index (χ0v) is 11.6. The van der Waals surface area contributed by atoms with Crippen molar-refractivity contribution in [2.75, 3.05) is 25.0 Å². The Morgan fingerprint density at radius 2 is 2.37 bits per heavy atom. The third-order valence-corrected chi connectivity index (χ3v) is 3.64. The molecule has 1 saturated heterocycles. The van der Waals surface area contributed by atoms with Gasteiger partial charge in [-0.15, -0.1) is 0 Å². The van der Waals surface area contributed by atoms with E-state index in [4.69, 9.17) is 5.73 Å². The average Bonchev–Trinajstić information content (AvgIpc) is 2.46. The first-order valence-corrected chi connectivity index (χ1v) is 6.80. The summed E-state index contributed by atoms with van der Waals surface area (Å²) in [5, 5.41) is 2.73. The van der Waals surface area contributed by atoms with Crippen molar-refractivity contribution < 1.29 is 4.79 Å². The van der Waals surface area contributed by atoms with Gasteiger partial charge in [-0.3, -0.25) is 9.78 Å². The molecular formula is C14H22N4O. The summed E-state index contributed by atoms with van der Waals surface area (Å²) in [6.07, 6.45) is 3.85. The maximum absolute atomic E-state index is 11.7. The van der Waals surface area contributed by atoms with E-state index in [0.717, 1.165) is 37.3 Å². The van der Waals surface area contributed by atoms with Crippen LogP contribution in [0.2, 0.25) is 0 Å². The van der Waals surface area contributed by atoms with Crippen molar-refractivity contribution in [1.29, 1.82) is 0 Å². The Hall–Kier alpha value is -1.62. The molecule has 1 aliphatic heterocycles. The van der Waals surface area contributed by atoms with Crippen LogP contribution in [0.5, 0.6) is 0 Å². The van der Waals surface area contributed by atoms with E-state index in [-0.39, 0.29) is 17.9 Å². The van der Waals surface area contributed by atoms with Gasteiger partial charge < -0.3 is 16.0 Å². The molecule has 2 rings (SSSR count). The maximum atomic E-state index is 11.7. The van der Waals surface area contributed by atoms with Crippen molar-refractivity contribution in [3.8, 4) is 0 Å². The highest BCUT2D eigenvalue weighted by molar-refractivity contribution is 5.79. The molecule has 0 aliphatic carbocycles. The third-order valence-electron chi connectivity index (χ3n) is 3.64. The molecule has 0 radical (unpaired) electrons. The van der Waals surface area contributed by atoms with Gasteiger partial charge in [-0.2, -0.15) is 0 Å². The fourth-order valence-electron chi connectivity index (χ4n) is 2.48. The number of nitrogens with one attached hydrogen (secondary N) is 1. The molecule has 2 heterocycles. The highest BCUT2D eigenvalue weighted by atomic mass is 16.1. The minimum absolute atomic E-state index is 0.0472. The zero-order chi connectivity index (χ0) is 13.8. The highest BCUT2D eigenvalue weighted by Gasteiger charge is 2.25. The van der Waals surface area contributed by atoms with Crippen LogP contribution in [0.25, 0.3) is 0 Å². The van der Waals surface area contributed by atoms with E-state index in [9.17, 15) is 4.79 Å². The predicted molar refractivity (Wildman–Crippen MR) is 75.8 cm³/mol. The van der Waals surface area contributed by atoms with Crippen molar-refractivity contribution >= 4 is 11.6 Å². The molecule has 0 saturated carbocycles. The highest BCUT2D eigenvalue weighted by Crippen LogP contribution is 2.23. The van der Waals surface area contributed by atoms with Gasteiger partial charge in [-0.05, 0) is 31.9 Å². The Morgan fingerprint density at radius 1 is 1.58 bits per heavy atom. The van der Waals surface area contributed by atoms with Crippen molar-refractivity contribution in [3.63, 3.8) is 0 Å². The molecule has 1 aliphatic rings. The number of pyridine rings is 1. The summed E-state index contributed by atoms with van der Waals surface area (Å²) in [5.41, 5.74) is 7.75. The van der Waals surface area contributed by atoms with Crippen LogP contribution in [0.4, 0.5) is 5.69 Å². The molecule has 3 N–H and O–H groups in total. The number of carbonyl (C=O) groups excluding carboxylic acids is 1. The van der Waals surface area contributed by atoms with Gasteiger partial charge in [0, 0.05) is 26.2 Å². The van der Waals surface area contributed by atoms with E-state index in [1.165, 1.54) is 0 Å². The standard InChI is InChI=1S/C14H22N4O/c1-10(15)13-6-5-12(8-17-13)18-7-3-4-11(9-18)14(19)16-2/h5-6,8,10-11H,3-4,7,9,15H2,1-2H3,(H,16,19)/t10-,11?/m1/s1. The van der Waals surface area contributed by atoms with Gasteiger partial charge in [-0.25, -0.2) is 0 Å². The summed E-state index contributed by atoms with van der Waals surface area (Å²) >= 11 is 0.